The highest BCUT2D eigenvalue weighted by Crippen LogP contribution is 2.37. The molecule has 4 heteroatoms. The predicted molar refractivity (Wildman–Crippen MR) is 57.5 cm³/mol. The topological polar surface area (TPSA) is 62.3 Å². The van der Waals surface area contributed by atoms with Crippen LogP contribution in [0.5, 0.6) is 5.75 Å². The fourth-order valence-electron chi connectivity index (χ4n) is 1.98. The number of rotatable bonds is 1. The Hall–Kier alpha value is -2.23. The summed E-state index contributed by atoms with van der Waals surface area (Å²) >= 11 is 0. The molecular weight excluding hydrogens is 206 g/mol. The summed E-state index contributed by atoms with van der Waals surface area (Å²) in [4.78, 5) is 14.0. The van der Waals surface area contributed by atoms with Crippen LogP contribution in [0.25, 0.3) is 11.3 Å². The van der Waals surface area contributed by atoms with Gasteiger partial charge in [-0.15, -0.1) is 0 Å². The summed E-state index contributed by atoms with van der Waals surface area (Å²) in [6, 6.07) is 7.58. The Balaban J connectivity index is 2.23. The maximum absolute atomic E-state index is 11.0. The molecule has 1 aliphatic heterocycles. The number of carboxylic acid groups (broad SMARTS) is 1. The lowest BCUT2D eigenvalue weighted by molar-refractivity contribution is 0.0694. The molecule has 4 nitrogen and oxygen atoms in total. The summed E-state index contributed by atoms with van der Waals surface area (Å²) in [5.41, 5.74) is 2.76. The number of para-hydroxylation sites is 1. The van der Waals surface area contributed by atoms with Crippen LogP contribution >= 0.6 is 0 Å². The monoisotopic (exact) mass is 215 g/mol. The van der Waals surface area contributed by atoms with Crippen LogP contribution < -0.4 is 4.74 Å². The normalized spacial score (nSPS) is 12.5. The fraction of sp³-hybridized carbons (Fsp3) is 0.0833. The second-order valence-corrected chi connectivity index (χ2v) is 3.65. The van der Waals surface area contributed by atoms with Gasteiger partial charge in [0.1, 0.15) is 12.4 Å². The Morgan fingerprint density at radius 2 is 2.19 bits per heavy atom. The van der Waals surface area contributed by atoms with Crippen LogP contribution in [0.3, 0.4) is 0 Å². The minimum atomic E-state index is -0.930. The number of carbonyl (C=O) groups is 1. The van der Waals surface area contributed by atoms with E-state index < -0.39 is 5.97 Å². The summed E-state index contributed by atoms with van der Waals surface area (Å²) in [5.74, 6) is -0.144. The van der Waals surface area contributed by atoms with Crippen molar-refractivity contribution in [2.24, 2.45) is 0 Å². The van der Waals surface area contributed by atoms with E-state index in [1.54, 1.807) is 0 Å². The van der Waals surface area contributed by atoms with Crippen molar-refractivity contribution in [3.05, 3.63) is 41.6 Å². The minimum absolute atomic E-state index is 0.282. The van der Waals surface area contributed by atoms with E-state index in [9.17, 15) is 4.79 Å². The highest BCUT2D eigenvalue weighted by molar-refractivity contribution is 5.92. The molecule has 1 aromatic carbocycles. The van der Waals surface area contributed by atoms with Crippen LogP contribution in [0.1, 0.15) is 15.9 Å². The maximum Gasteiger partial charge on any atom is 0.337 e. The lowest BCUT2D eigenvalue weighted by atomic mass is 10.0. The number of aromatic nitrogens is 1. The number of hydrogen-bond donors (Lipinski definition) is 2. The van der Waals surface area contributed by atoms with E-state index in [2.05, 4.69) is 4.98 Å². The molecule has 0 unspecified atom stereocenters. The second-order valence-electron chi connectivity index (χ2n) is 3.65. The largest absolute Gasteiger partial charge is 0.488 e. The molecule has 0 amide bonds. The average Bonchev–Trinajstić information content (AvgIpc) is 2.73. The molecule has 0 saturated carbocycles. The van der Waals surface area contributed by atoms with Gasteiger partial charge in [0, 0.05) is 17.3 Å². The average molecular weight is 215 g/mol. The van der Waals surface area contributed by atoms with Crippen molar-refractivity contribution in [3.63, 3.8) is 0 Å². The highest BCUT2D eigenvalue weighted by atomic mass is 16.5. The Morgan fingerprint density at radius 1 is 1.38 bits per heavy atom. The van der Waals surface area contributed by atoms with Gasteiger partial charge in [-0.05, 0) is 12.1 Å². The Kier molecular flexibility index (Phi) is 1.77. The first kappa shape index (κ1) is 9.03. The number of carboxylic acids is 1. The quantitative estimate of drug-likeness (QED) is 0.767. The third-order valence-corrected chi connectivity index (χ3v) is 2.75. The van der Waals surface area contributed by atoms with E-state index >= 15 is 0 Å². The number of fused-ring (bicyclic) bond motifs is 3. The van der Waals surface area contributed by atoms with Crippen LogP contribution in [0.2, 0.25) is 0 Å². The molecule has 2 N–H and O–H groups in total. The van der Waals surface area contributed by atoms with Gasteiger partial charge in [0.2, 0.25) is 0 Å². The number of aromatic carboxylic acids is 1. The first-order chi connectivity index (χ1) is 7.77. The molecule has 80 valence electrons. The fourth-order valence-corrected chi connectivity index (χ4v) is 1.98. The number of benzene rings is 1. The molecule has 3 rings (SSSR count). The van der Waals surface area contributed by atoms with Crippen LogP contribution in [0.15, 0.2) is 30.5 Å². The SMILES string of the molecule is O=C(O)c1c[nH]c2c1COc1ccccc1-2. The Morgan fingerprint density at radius 3 is 3.00 bits per heavy atom. The van der Waals surface area contributed by atoms with E-state index in [0.717, 1.165) is 17.0 Å². The van der Waals surface area contributed by atoms with Crippen molar-refractivity contribution in [2.75, 3.05) is 0 Å². The molecule has 0 fully saturated rings. The van der Waals surface area contributed by atoms with Gasteiger partial charge in [-0.3, -0.25) is 0 Å². The van der Waals surface area contributed by atoms with Gasteiger partial charge in [-0.1, -0.05) is 12.1 Å². The Bertz CT molecular complexity index is 571. The summed E-state index contributed by atoms with van der Waals surface area (Å²) in [6.07, 6.45) is 1.51. The molecule has 0 atom stereocenters. The zero-order valence-electron chi connectivity index (χ0n) is 8.36. The molecule has 0 spiro atoms. The van der Waals surface area contributed by atoms with Gasteiger partial charge in [0.05, 0.1) is 11.3 Å². The molecule has 2 heterocycles. The van der Waals surface area contributed by atoms with Crippen molar-refractivity contribution in [1.82, 2.24) is 4.98 Å². The van der Waals surface area contributed by atoms with E-state index in [1.807, 2.05) is 24.3 Å². The summed E-state index contributed by atoms with van der Waals surface area (Å²) < 4.78 is 5.52. The zero-order chi connectivity index (χ0) is 11.1. The molecule has 0 bridgehead atoms. The van der Waals surface area contributed by atoms with Crippen LogP contribution in [0.4, 0.5) is 0 Å². The first-order valence-corrected chi connectivity index (χ1v) is 4.93. The molecule has 0 saturated heterocycles. The molecule has 16 heavy (non-hydrogen) atoms. The lowest BCUT2D eigenvalue weighted by Gasteiger charge is -2.17. The van der Waals surface area contributed by atoms with Gasteiger partial charge in [-0.25, -0.2) is 4.79 Å². The van der Waals surface area contributed by atoms with Crippen LogP contribution in [-0.4, -0.2) is 16.1 Å². The van der Waals surface area contributed by atoms with E-state index in [1.165, 1.54) is 6.20 Å². The van der Waals surface area contributed by atoms with Gasteiger partial charge in [0.15, 0.2) is 0 Å². The molecular formula is C12H9NO3. The molecule has 2 aromatic rings. The van der Waals surface area contributed by atoms with E-state index in [-0.39, 0.29) is 5.56 Å². The van der Waals surface area contributed by atoms with E-state index in [4.69, 9.17) is 9.84 Å². The molecule has 1 aromatic heterocycles. The molecule has 0 aliphatic carbocycles. The zero-order valence-corrected chi connectivity index (χ0v) is 8.36. The van der Waals surface area contributed by atoms with Crippen molar-refractivity contribution in [3.8, 4) is 17.0 Å². The second kappa shape index (κ2) is 3.13. The Labute approximate surface area is 91.5 Å². The predicted octanol–water partition coefficient (Wildman–Crippen LogP) is 2.27. The van der Waals surface area contributed by atoms with Gasteiger partial charge < -0.3 is 14.8 Å². The third-order valence-electron chi connectivity index (χ3n) is 2.75. The van der Waals surface area contributed by atoms with E-state index in [0.29, 0.717) is 12.2 Å². The molecule has 1 aliphatic rings. The standard InChI is InChI=1S/C12H9NO3/c14-12(15)8-5-13-11-7-3-1-2-4-10(7)16-6-9(8)11/h1-5,13H,6H2,(H,14,15). The number of H-pyrrole nitrogens is 1. The van der Waals surface area contributed by atoms with Crippen LogP contribution in [-0.2, 0) is 6.61 Å². The number of nitrogens with one attached hydrogen (secondary N) is 1. The van der Waals surface area contributed by atoms with Crippen LogP contribution in [0, 0.1) is 0 Å². The lowest BCUT2D eigenvalue weighted by Crippen LogP contribution is -2.08. The number of hydrogen-bond acceptors (Lipinski definition) is 2. The smallest absolute Gasteiger partial charge is 0.337 e. The van der Waals surface area contributed by atoms with Gasteiger partial charge in [-0.2, -0.15) is 0 Å². The maximum atomic E-state index is 11.0. The van der Waals surface area contributed by atoms with Crippen molar-refractivity contribution < 1.29 is 14.6 Å². The number of aromatic amines is 1. The summed E-state index contributed by atoms with van der Waals surface area (Å²) in [5, 5.41) is 9.00. The summed E-state index contributed by atoms with van der Waals surface area (Å²) in [7, 11) is 0. The van der Waals surface area contributed by atoms with Crippen molar-refractivity contribution in [1.29, 1.82) is 0 Å². The highest BCUT2D eigenvalue weighted by Gasteiger charge is 2.23. The first-order valence-electron chi connectivity index (χ1n) is 4.93. The van der Waals surface area contributed by atoms with Gasteiger partial charge in [0.25, 0.3) is 0 Å². The summed E-state index contributed by atoms with van der Waals surface area (Å²) in [6.45, 7) is 0.303. The molecule has 0 radical (unpaired) electrons. The van der Waals surface area contributed by atoms with Gasteiger partial charge >= 0.3 is 5.97 Å². The minimum Gasteiger partial charge on any atom is -0.488 e. The van der Waals surface area contributed by atoms with Crippen molar-refractivity contribution >= 4 is 5.97 Å². The number of ether oxygens (including phenoxy) is 1. The third kappa shape index (κ3) is 1.13. The van der Waals surface area contributed by atoms with Crippen molar-refractivity contribution in [2.45, 2.75) is 6.61 Å².